The molecular formula is C19H24N2S. The van der Waals surface area contributed by atoms with E-state index in [9.17, 15) is 0 Å². The highest BCUT2D eigenvalue weighted by Crippen LogP contribution is 2.70. The number of hydrogen-bond donors (Lipinski definition) is 0. The Balaban J connectivity index is 1.56. The minimum absolute atomic E-state index is 0.310. The van der Waals surface area contributed by atoms with E-state index < -0.39 is 0 Å². The second-order valence-electron chi connectivity index (χ2n) is 7.50. The number of rotatable bonds is 3. The van der Waals surface area contributed by atoms with Crippen molar-refractivity contribution >= 4 is 11.3 Å². The molecule has 0 amide bonds. The first-order valence-corrected chi connectivity index (χ1v) is 9.38. The topological polar surface area (TPSA) is 25.8 Å². The molecule has 0 bridgehead atoms. The van der Waals surface area contributed by atoms with Crippen LogP contribution in [-0.2, 0) is 0 Å². The molecule has 2 fully saturated rings. The lowest BCUT2D eigenvalue weighted by atomic mass is 9.90. The maximum absolute atomic E-state index is 4.59. The van der Waals surface area contributed by atoms with E-state index in [-0.39, 0.29) is 0 Å². The lowest BCUT2D eigenvalue weighted by Gasteiger charge is -2.18. The van der Waals surface area contributed by atoms with Gasteiger partial charge in [-0.3, -0.25) is 0 Å². The Kier molecular flexibility index (Phi) is 3.56. The molecule has 0 saturated heterocycles. The van der Waals surface area contributed by atoms with E-state index in [4.69, 9.17) is 0 Å². The summed E-state index contributed by atoms with van der Waals surface area (Å²) in [4.78, 5) is 0. The number of hydrogen-bond acceptors (Lipinski definition) is 3. The van der Waals surface area contributed by atoms with Gasteiger partial charge >= 0.3 is 0 Å². The van der Waals surface area contributed by atoms with Gasteiger partial charge in [-0.2, -0.15) is 0 Å². The fourth-order valence-corrected chi connectivity index (χ4v) is 5.61. The van der Waals surface area contributed by atoms with Crippen molar-refractivity contribution in [2.75, 3.05) is 0 Å². The smallest absolute Gasteiger partial charge is 0.121 e. The number of nitrogens with zero attached hydrogens (tertiary/aromatic N) is 2. The van der Waals surface area contributed by atoms with E-state index in [1.54, 1.807) is 0 Å². The predicted octanol–water partition coefficient (Wildman–Crippen LogP) is 5.49. The van der Waals surface area contributed by atoms with Crippen molar-refractivity contribution in [1.82, 2.24) is 10.2 Å². The molecule has 0 spiro atoms. The monoisotopic (exact) mass is 312 g/mol. The molecule has 3 heteroatoms. The molecule has 2 nitrogen and oxygen atoms in total. The highest BCUT2D eigenvalue weighted by atomic mass is 32.1. The molecule has 4 rings (SSSR count). The van der Waals surface area contributed by atoms with Gasteiger partial charge in [-0.1, -0.05) is 63.4 Å². The van der Waals surface area contributed by atoms with Gasteiger partial charge in [-0.15, -0.1) is 21.5 Å². The van der Waals surface area contributed by atoms with Crippen LogP contribution in [0, 0.1) is 5.41 Å². The maximum atomic E-state index is 4.59. The summed E-state index contributed by atoms with van der Waals surface area (Å²) < 4.78 is 0. The first kappa shape index (κ1) is 14.4. The fraction of sp³-hybridized carbons (Fsp3) is 0.579. The molecule has 0 N–H and O–H groups in total. The largest absolute Gasteiger partial charge is 0.143 e. The van der Waals surface area contributed by atoms with Crippen LogP contribution in [0.3, 0.4) is 0 Å². The maximum Gasteiger partial charge on any atom is 0.121 e. The third kappa shape index (κ3) is 2.40. The Morgan fingerprint density at radius 3 is 2.32 bits per heavy atom. The Morgan fingerprint density at radius 1 is 0.909 bits per heavy atom. The molecule has 0 radical (unpaired) electrons. The van der Waals surface area contributed by atoms with Crippen molar-refractivity contribution in [3.05, 3.63) is 45.9 Å². The fourth-order valence-electron chi connectivity index (χ4n) is 4.27. The van der Waals surface area contributed by atoms with Crippen LogP contribution in [0.5, 0.6) is 0 Å². The Bertz CT molecular complexity index is 640. The van der Waals surface area contributed by atoms with Crippen molar-refractivity contribution in [2.24, 2.45) is 5.41 Å². The normalized spacial score (nSPS) is 27.7. The summed E-state index contributed by atoms with van der Waals surface area (Å²) in [5.41, 5.74) is 1.76. The molecule has 2 atom stereocenters. The Hall–Kier alpha value is -1.22. The molecule has 2 aliphatic carbocycles. The first-order chi connectivity index (χ1) is 10.7. The third-order valence-corrected chi connectivity index (χ3v) is 6.83. The Labute approximate surface area is 137 Å². The van der Waals surface area contributed by atoms with Gasteiger partial charge in [0, 0.05) is 11.8 Å². The van der Waals surface area contributed by atoms with Gasteiger partial charge in [0.05, 0.1) is 0 Å². The molecule has 1 aromatic heterocycles. The van der Waals surface area contributed by atoms with Crippen LogP contribution in [0.1, 0.15) is 79.3 Å². The summed E-state index contributed by atoms with van der Waals surface area (Å²) in [5.74, 6) is 1.82. The van der Waals surface area contributed by atoms with Crippen molar-refractivity contribution in [1.29, 1.82) is 0 Å². The van der Waals surface area contributed by atoms with Crippen LogP contribution in [0.15, 0.2) is 30.3 Å². The summed E-state index contributed by atoms with van der Waals surface area (Å²) in [6.45, 7) is 4.74. The Morgan fingerprint density at radius 2 is 1.59 bits per heavy atom. The van der Waals surface area contributed by atoms with Crippen molar-refractivity contribution in [3.63, 3.8) is 0 Å². The zero-order valence-corrected chi connectivity index (χ0v) is 14.3. The van der Waals surface area contributed by atoms with Crippen molar-refractivity contribution in [2.45, 2.75) is 63.7 Å². The lowest BCUT2D eigenvalue weighted by molar-refractivity contribution is 0.440. The summed E-state index contributed by atoms with van der Waals surface area (Å²) in [6.07, 6.45) is 6.74. The summed E-state index contributed by atoms with van der Waals surface area (Å²) in [5, 5.41) is 11.7. The number of aromatic nitrogens is 2. The average molecular weight is 312 g/mol. The molecular weight excluding hydrogens is 288 g/mol. The van der Waals surface area contributed by atoms with Gasteiger partial charge in [0.1, 0.15) is 10.0 Å². The van der Waals surface area contributed by atoms with Gasteiger partial charge in [0.2, 0.25) is 0 Å². The van der Waals surface area contributed by atoms with E-state index >= 15 is 0 Å². The van der Waals surface area contributed by atoms with Crippen molar-refractivity contribution in [3.8, 4) is 0 Å². The highest BCUT2D eigenvalue weighted by molar-refractivity contribution is 7.11. The van der Waals surface area contributed by atoms with Crippen LogP contribution in [0.4, 0.5) is 0 Å². The summed E-state index contributed by atoms with van der Waals surface area (Å²) in [6, 6.07) is 10.9. The minimum atomic E-state index is 0.310. The van der Waals surface area contributed by atoms with E-state index in [0.29, 0.717) is 23.2 Å². The quantitative estimate of drug-likeness (QED) is 0.748. The van der Waals surface area contributed by atoms with Crippen LogP contribution in [0.25, 0.3) is 0 Å². The van der Waals surface area contributed by atoms with Crippen LogP contribution in [0.2, 0.25) is 0 Å². The lowest BCUT2D eigenvalue weighted by Crippen LogP contribution is -2.03. The SMILES string of the molecule is CC1(C)[C@H](c2ccccc2)[C@H]1c1nnc(C2CCCCC2)s1. The van der Waals surface area contributed by atoms with E-state index in [0.717, 1.165) is 0 Å². The van der Waals surface area contributed by atoms with Gasteiger partial charge < -0.3 is 0 Å². The van der Waals surface area contributed by atoms with E-state index in [1.807, 2.05) is 11.3 Å². The van der Waals surface area contributed by atoms with Crippen LogP contribution in [-0.4, -0.2) is 10.2 Å². The summed E-state index contributed by atoms with van der Waals surface area (Å²) in [7, 11) is 0. The molecule has 2 saturated carbocycles. The zero-order valence-electron chi connectivity index (χ0n) is 13.5. The molecule has 22 heavy (non-hydrogen) atoms. The molecule has 2 aromatic rings. The summed E-state index contributed by atoms with van der Waals surface area (Å²) >= 11 is 1.89. The molecule has 116 valence electrons. The molecule has 2 aliphatic rings. The van der Waals surface area contributed by atoms with E-state index in [2.05, 4.69) is 54.4 Å². The minimum Gasteiger partial charge on any atom is -0.143 e. The van der Waals surface area contributed by atoms with Crippen LogP contribution < -0.4 is 0 Å². The van der Waals surface area contributed by atoms with Crippen molar-refractivity contribution < 1.29 is 0 Å². The number of benzene rings is 1. The zero-order chi connectivity index (χ0) is 15.2. The molecule has 1 aromatic carbocycles. The van der Waals surface area contributed by atoms with E-state index in [1.165, 1.54) is 47.7 Å². The van der Waals surface area contributed by atoms with Gasteiger partial charge in [-0.25, -0.2) is 0 Å². The highest BCUT2D eigenvalue weighted by Gasteiger charge is 2.60. The second-order valence-corrected chi connectivity index (χ2v) is 8.54. The molecule has 0 aliphatic heterocycles. The standard InChI is InChI=1S/C19H24N2S/c1-19(2)15(13-9-5-3-6-10-13)16(19)18-21-20-17(22-18)14-11-7-4-8-12-14/h3,5-6,9-10,14-16H,4,7-8,11-12H2,1-2H3/t15-,16+/m1/s1. The first-order valence-electron chi connectivity index (χ1n) is 8.56. The third-order valence-electron chi connectivity index (χ3n) is 5.66. The molecule has 0 unspecified atom stereocenters. The van der Waals surface area contributed by atoms with Gasteiger partial charge in [-0.05, 0) is 29.7 Å². The second kappa shape index (κ2) is 5.45. The van der Waals surface area contributed by atoms with Gasteiger partial charge in [0.15, 0.2) is 0 Å². The molecule has 1 heterocycles. The van der Waals surface area contributed by atoms with Crippen LogP contribution >= 0.6 is 11.3 Å². The predicted molar refractivity (Wildman–Crippen MR) is 91.4 cm³/mol. The van der Waals surface area contributed by atoms with Gasteiger partial charge in [0.25, 0.3) is 0 Å². The average Bonchev–Trinajstić information content (AvgIpc) is 2.90.